The topological polar surface area (TPSA) is 87.3 Å². The molecule has 0 unspecified atom stereocenters. The van der Waals surface area contributed by atoms with E-state index in [4.69, 9.17) is 11.6 Å². The second-order valence-electron chi connectivity index (χ2n) is 6.96. The van der Waals surface area contributed by atoms with E-state index in [1.807, 2.05) is 0 Å². The van der Waals surface area contributed by atoms with Crippen molar-refractivity contribution in [2.45, 2.75) is 12.8 Å². The Balaban J connectivity index is 1.45. The molecule has 0 bridgehead atoms. The van der Waals surface area contributed by atoms with Crippen molar-refractivity contribution in [2.24, 2.45) is 0 Å². The van der Waals surface area contributed by atoms with E-state index in [1.54, 1.807) is 48.5 Å². The summed E-state index contributed by atoms with van der Waals surface area (Å²) in [5.74, 6) is -1.35. The van der Waals surface area contributed by atoms with E-state index < -0.39 is 11.7 Å². The summed E-state index contributed by atoms with van der Waals surface area (Å²) in [6.07, 6.45) is 0.644. The summed E-state index contributed by atoms with van der Waals surface area (Å²) in [6.45, 7) is 0.338. The van der Waals surface area contributed by atoms with E-state index in [-0.39, 0.29) is 18.2 Å². The zero-order valence-electron chi connectivity index (χ0n) is 17.0. The molecule has 164 valence electrons. The van der Waals surface area contributed by atoms with Gasteiger partial charge in [0.25, 0.3) is 11.8 Å². The number of hydrogen-bond donors (Lipinski definition) is 3. The van der Waals surface area contributed by atoms with Crippen molar-refractivity contribution in [3.8, 4) is 0 Å². The normalized spacial score (nSPS) is 10.3. The van der Waals surface area contributed by atoms with Gasteiger partial charge in [-0.3, -0.25) is 14.4 Å². The highest BCUT2D eigenvalue weighted by atomic mass is 35.5. The minimum atomic E-state index is -0.451. The van der Waals surface area contributed by atoms with Gasteiger partial charge in [-0.2, -0.15) is 0 Å². The lowest BCUT2D eigenvalue weighted by atomic mass is 10.1. The van der Waals surface area contributed by atoms with Gasteiger partial charge in [0, 0.05) is 40.5 Å². The molecule has 0 atom stereocenters. The Morgan fingerprint density at radius 2 is 1.47 bits per heavy atom. The molecular weight excluding hydrogens is 433 g/mol. The van der Waals surface area contributed by atoms with Crippen LogP contribution in [-0.4, -0.2) is 24.3 Å². The molecule has 0 saturated carbocycles. The quantitative estimate of drug-likeness (QED) is 0.425. The predicted molar refractivity (Wildman–Crippen MR) is 122 cm³/mol. The fraction of sp³-hybridized carbons (Fsp3) is 0.125. The minimum Gasteiger partial charge on any atom is -0.352 e. The van der Waals surface area contributed by atoms with Gasteiger partial charge in [-0.1, -0.05) is 23.7 Å². The molecule has 0 spiro atoms. The third kappa shape index (κ3) is 6.92. The van der Waals surface area contributed by atoms with E-state index in [0.29, 0.717) is 40.5 Å². The lowest BCUT2D eigenvalue weighted by Gasteiger charge is -2.09. The molecule has 3 aromatic rings. The van der Waals surface area contributed by atoms with Crippen molar-refractivity contribution in [1.29, 1.82) is 0 Å². The third-order valence-electron chi connectivity index (χ3n) is 4.46. The molecule has 0 radical (unpaired) electrons. The monoisotopic (exact) mass is 453 g/mol. The maximum Gasteiger partial charge on any atom is 0.255 e. The minimum absolute atomic E-state index is 0.195. The molecule has 0 aliphatic rings. The van der Waals surface area contributed by atoms with Gasteiger partial charge in [0.2, 0.25) is 5.91 Å². The molecule has 0 aliphatic heterocycles. The van der Waals surface area contributed by atoms with E-state index in [0.717, 1.165) is 0 Å². The molecule has 3 N–H and O–H groups in total. The fourth-order valence-electron chi connectivity index (χ4n) is 2.89. The Kier molecular flexibility index (Phi) is 7.94. The molecule has 3 amide bonds. The zero-order chi connectivity index (χ0) is 22.9. The summed E-state index contributed by atoms with van der Waals surface area (Å²) in [4.78, 5) is 36.6. The second kappa shape index (κ2) is 11.1. The molecule has 8 heteroatoms. The summed E-state index contributed by atoms with van der Waals surface area (Å²) in [6, 6.07) is 18.5. The molecule has 3 aromatic carbocycles. The number of rotatable bonds is 8. The van der Waals surface area contributed by atoms with Crippen LogP contribution in [0.4, 0.5) is 15.8 Å². The van der Waals surface area contributed by atoms with E-state index in [2.05, 4.69) is 16.0 Å². The average molecular weight is 454 g/mol. The third-order valence-corrected chi connectivity index (χ3v) is 4.72. The number of carbonyl (C=O) groups excluding carboxylic acids is 3. The lowest BCUT2D eigenvalue weighted by molar-refractivity contribution is -0.116. The molecular formula is C24H21ClFN3O3. The molecule has 0 aromatic heterocycles. The van der Waals surface area contributed by atoms with Crippen molar-refractivity contribution < 1.29 is 18.8 Å². The highest BCUT2D eigenvalue weighted by Crippen LogP contribution is 2.15. The van der Waals surface area contributed by atoms with Crippen LogP contribution >= 0.6 is 11.6 Å². The van der Waals surface area contributed by atoms with Crippen LogP contribution in [0.3, 0.4) is 0 Å². The van der Waals surface area contributed by atoms with Crippen LogP contribution < -0.4 is 16.0 Å². The summed E-state index contributed by atoms with van der Waals surface area (Å²) in [5, 5.41) is 8.64. The Labute approximate surface area is 189 Å². The summed E-state index contributed by atoms with van der Waals surface area (Å²) in [5.41, 5.74) is 1.62. The summed E-state index contributed by atoms with van der Waals surface area (Å²) < 4.78 is 13.3. The molecule has 32 heavy (non-hydrogen) atoms. The van der Waals surface area contributed by atoms with Crippen LogP contribution in [0.5, 0.6) is 0 Å². The molecule has 3 rings (SSSR count). The van der Waals surface area contributed by atoms with Crippen LogP contribution in [-0.2, 0) is 4.79 Å². The zero-order valence-corrected chi connectivity index (χ0v) is 17.8. The molecule has 0 fully saturated rings. The maximum atomic E-state index is 13.3. The highest BCUT2D eigenvalue weighted by molar-refractivity contribution is 6.30. The van der Waals surface area contributed by atoms with Crippen LogP contribution in [0.25, 0.3) is 0 Å². The number of hydrogen-bond acceptors (Lipinski definition) is 3. The van der Waals surface area contributed by atoms with Crippen molar-refractivity contribution in [3.05, 3.63) is 94.8 Å². The van der Waals surface area contributed by atoms with Crippen molar-refractivity contribution in [2.75, 3.05) is 17.2 Å². The molecule has 0 heterocycles. The Morgan fingerprint density at radius 3 is 2.19 bits per heavy atom. The fourth-order valence-corrected chi connectivity index (χ4v) is 3.01. The van der Waals surface area contributed by atoms with Crippen LogP contribution in [0, 0.1) is 5.82 Å². The van der Waals surface area contributed by atoms with Crippen molar-refractivity contribution in [3.63, 3.8) is 0 Å². The van der Waals surface area contributed by atoms with E-state index >= 15 is 0 Å². The van der Waals surface area contributed by atoms with Crippen LogP contribution in [0.2, 0.25) is 5.02 Å². The van der Waals surface area contributed by atoms with E-state index in [1.165, 1.54) is 24.3 Å². The summed E-state index contributed by atoms with van der Waals surface area (Å²) >= 11 is 5.80. The Bertz CT molecular complexity index is 1120. The second-order valence-corrected chi connectivity index (χ2v) is 7.40. The number of halogens is 2. The van der Waals surface area contributed by atoms with Crippen molar-refractivity contribution >= 4 is 40.7 Å². The Morgan fingerprint density at radius 1 is 0.781 bits per heavy atom. The highest BCUT2D eigenvalue weighted by Gasteiger charge is 2.10. The van der Waals surface area contributed by atoms with Gasteiger partial charge in [0.1, 0.15) is 5.82 Å². The maximum absolute atomic E-state index is 13.3. The van der Waals surface area contributed by atoms with Gasteiger partial charge in [0.05, 0.1) is 0 Å². The first kappa shape index (κ1) is 23.0. The first-order valence-corrected chi connectivity index (χ1v) is 10.3. The number of anilines is 2. The summed E-state index contributed by atoms with van der Waals surface area (Å²) in [7, 11) is 0. The van der Waals surface area contributed by atoms with Crippen molar-refractivity contribution in [1.82, 2.24) is 5.32 Å². The van der Waals surface area contributed by atoms with Crippen LogP contribution in [0.1, 0.15) is 33.6 Å². The van der Waals surface area contributed by atoms with Gasteiger partial charge in [0.15, 0.2) is 0 Å². The number of nitrogens with one attached hydrogen (secondary N) is 3. The SMILES string of the molecule is O=C(CCCNC(=O)c1ccc(Cl)cc1)Nc1cccc(C(=O)Nc2cccc(F)c2)c1. The molecule has 0 aliphatic carbocycles. The average Bonchev–Trinajstić information content (AvgIpc) is 2.77. The predicted octanol–water partition coefficient (Wildman–Crippen LogP) is 4.88. The van der Waals surface area contributed by atoms with Crippen LogP contribution in [0.15, 0.2) is 72.8 Å². The largest absolute Gasteiger partial charge is 0.352 e. The number of carbonyl (C=O) groups is 3. The van der Waals surface area contributed by atoms with Gasteiger partial charge < -0.3 is 16.0 Å². The van der Waals surface area contributed by atoms with E-state index in [9.17, 15) is 18.8 Å². The molecule has 0 saturated heterocycles. The van der Waals surface area contributed by atoms with Gasteiger partial charge >= 0.3 is 0 Å². The smallest absolute Gasteiger partial charge is 0.255 e. The first-order chi connectivity index (χ1) is 15.4. The molecule has 6 nitrogen and oxygen atoms in total. The first-order valence-electron chi connectivity index (χ1n) is 9.91. The Hall–Kier alpha value is -3.71. The number of amides is 3. The lowest BCUT2D eigenvalue weighted by Crippen LogP contribution is -2.25. The standard InChI is InChI=1S/C24H21ClFN3O3/c25-18-11-9-16(10-12-18)23(31)27-13-3-8-22(30)28-20-6-1-4-17(14-20)24(32)29-21-7-2-5-19(26)15-21/h1-2,4-7,9-12,14-15H,3,8,13H2,(H,27,31)(H,28,30)(H,29,32). The number of benzene rings is 3. The van der Waals surface area contributed by atoms with Gasteiger partial charge in [-0.05, 0) is 67.1 Å². The van der Waals surface area contributed by atoms with Gasteiger partial charge in [-0.25, -0.2) is 4.39 Å². The van der Waals surface area contributed by atoms with Gasteiger partial charge in [-0.15, -0.1) is 0 Å².